The van der Waals surface area contributed by atoms with Gasteiger partial charge in [-0.1, -0.05) is 47.7 Å². The second-order valence-corrected chi connectivity index (χ2v) is 6.80. The minimum atomic E-state index is 0.725. The van der Waals surface area contributed by atoms with Crippen molar-refractivity contribution < 1.29 is 0 Å². The normalized spacial score (nSPS) is 10.9. The van der Waals surface area contributed by atoms with Gasteiger partial charge in [-0.05, 0) is 24.6 Å². The molecule has 0 saturated carbocycles. The number of benzene rings is 1. The van der Waals surface area contributed by atoms with Crippen molar-refractivity contribution in [2.75, 3.05) is 0 Å². The molecule has 0 atom stereocenters. The average molecular weight is 338 g/mol. The average Bonchev–Trinajstić information content (AvgIpc) is 3.15. The molecule has 5 heteroatoms. The van der Waals surface area contributed by atoms with Gasteiger partial charge in [0, 0.05) is 37.7 Å². The van der Waals surface area contributed by atoms with Crippen molar-refractivity contribution in [1.29, 1.82) is 0 Å². The summed E-state index contributed by atoms with van der Waals surface area (Å²) in [5, 5.41) is 9.75. The Balaban J connectivity index is 1.76. The van der Waals surface area contributed by atoms with Crippen LogP contribution in [0.25, 0.3) is 0 Å². The molecule has 0 bridgehead atoms. The minimum Gasteiger partial charge on any atom is -0.354 e. The zero-order chi connectivity index (χ0) is 16.9. The molecule has 3 aromatic rings. The van der Waals surface area contributed by atoms with Crippen LogP contribution in [0.5, 0.6) is 0 Å². The lowest BCUT2D eigenvalue weighted by Gasteiger charge is -2.08. The molecule has 4 nitrogen and oxygen atoms in total. The van der Waals surface area contributed by atoms with E-state index in [-0.39, 0.29) is 0 Å². The topological polar surface area (TPSA) is 35.6 Å². The van der Waals surface area contributed by atoms with Gasteiger partial charge in [0.2, 0.25) is 0 Å². The Morgan fingerprint density at radius 3 is 2.62 bits per heavy atom. The molecular weight excluding hydrogens is 316 g/mol. The predicted molar refractivity (Wildman–Crippen MR) is 99.2 cm³/mol. The van der Waals surface area contributed by atoms with Crippen molar-refractivity contribution in [3.8, 4) is 0 Å². The maximum absolute atomic E-state index is 4.41. The largest absolute Gasteiger partial charge is 0.354 e. The highest BCUT2D eigenvalue weighted by Gasteiger charge is 2.13. The SMILES string of the molecule is C=CCn1c(Cc2cccn2C)nnc1SCc1ccc(C)cc1. The lowest BCUT2D eigenvalue weighted by Crippen LogP contribution is -2.06. The first-order chi connectivity index (χ1) is 11.7. The molecule has 0 fully saturated rings. The van der Waals surface area contributed by atoms with E-state index in [0.29, 0.717) is 0 Å². The van der Waals surface area contributed by atoms with Gasteiger partial charge in [-0.15, -0.1) is 16.8 Å². The Morgan fingerprint density at radius 1 is 1.17 bits per heavy atom. The van der Waals surface area contributed by atoms with E-state index in [4.69, 9.17) is 0 Å². The van der Waals surface area contributed by atoms with Gasteiger partial charge in [0.05, 0.1) is 0 Å². The highest BCUT2D eigenvalue weighted by Crippen LogP contribution is 2.23. The first kappa shape index (κ1) is 16.6. The van der Waals surface area contributed by atoms with Gasteiger partial charge in [-0.2, -0.15) is 0 Å². The smallest absolute Gasteiger partial charge is 0.191 e. The number of aromatic nitrogens is 4. The summed E-state index contributed by atoms with van der Waals surface area (Å²) >= 11 is 1.72. The number of hydrogen-bond donors (Lipinski definition) is 0. The van der Waals surface area contributed by atoms with Gasteiger partial charge >= 0.3 is 0 Å². The monoisotopic (exact) mass is 338 g/mol. The van der Waals surface area contributed by atoms with Crippen molar-refractivity contribution >= 4 is 11.8 Å². The molecule has 0 radical (unpaired) electrons. The Labute approximate surface area is 147 Å². The Morgan fingerprint density at radius 2 is 1.96 bits per heavy atom. The summed E-state index contributed by atoms with van der Waals surface area (Å²) in [7, 11) is 2.05. The van der Waals surface area contributed by atoms with Gasteiger partial charge in [0.25, 0.3) is 0 Å². The highest BCUT2D eigenvalue weighted by atomic mass is 32.2. The summed E-state index contributed by atoms with van der Waals surface area (Å²) in [6.45, 7) is 6.70. The van der Waals surface area contributed by atoms with E-state index in [1.54, 1.807) is 11.8 Å². The summed E-state index contributed by atoms with van der Waals surface area (Å²) < 4.78 is 4.27. The van der Waals surface area contributed by atoms with Gasteiger partial charge < -0.3 is 9.13 Å². The van der Waals surface area contributed by atoms with E-state index in [2.05, 4.69) is 82.5 Å². The van der Waals surface area contributed by atoms with E-state index in [1.807, 2.05) is 6.08 Å². The second kappa shape index (κ2) is 7.53. The first-order valence-electron chi connectivity index (χ1n) is 7.99. The summed E-state index contributed by atoms with van der Waals surface area (Å²) in [6.07, 6.45) is 4.72. The number of thioether (sulfide) groups is 1. The molecule has 0 spiro atoms. The summed E-state index contributed by atoms with van der Waals surface area (Å²) in [5.74, 6) is 1.86. The Kier molecular flexibility index (Phi) is 5.20. The molecule has 3 rings (SSSR count). The van der Waals surface area contributed by atoms with E-state index < -0.39 is 0 Å². The van der Waals surface area contributed by atoms with E-state index in [0.717, 1.165) is 29.7 Å². The third kappa shape index (κ3) is 3.79. The van der Waals surface area contributed by atoms with Gasteiger partial charge in [-0.3, -0.25) is 0 Å². The molecule has 0 aliphatic rings. The van der Waals surface area contributed by atoms with Gasteiger partial charge in [-0.25, -0.2) is 0 Å². The van der Waals surface area contributed by atoms with Crippen LogP contribution in [-0.2, 0) is 25.8 Å². The van der Waals surface area contributed by atoms with Crippen LogP contribution in [0.3, 0.4) is 0 Å². The maximum Gasteiger partial charge on any atom is 0.191 e. The van der Waals surface area contributed by atoms with Crippen molar-refractivity contribution in [1.82, 2.24) is 19.3 Å². The fourth-order valence-corrected chi connectivity index (χ4v) is 3.47. The number of hydrogen-bond acceptors (Lipinski definition) is 3. The molecular formula is C19H22N4S. The number of rotatable bonds is 7. The molecule has 0 N–H and O–H groups in total. The Hall–Kier alpha value is -2.27. The molecule has 0 aliphatic carbocycles. The highest BCUT2D eigenvalue weighted by molar-refractivity contribution is 7.98. The number of nitrogens with zero attached hydrogens (tertiary/aromatic N) is 4. The van der Waals surface area contributed by atoms with Crippen LogP contribution >= 0.6 is 11.8 Å². The lowest BCUT2D eigenvalue weighted by atomic mass is 10.2. The fourth-order valence-electron chi connectivity index (χ4n) is 2.54. The van der Waals surface area contributed by atoms with Gasteiger partial charge in [0.1, 0.15) is 5.82 Å². The van der Waals surface area contributed by atoms with Gasteiger partial charge in [0.15, 0.2) is 5.16 Å². The van der Waals surface area contributed by atoms with E-state index >= 15 is 0 Å². The second-order valence-electron chi connectivity index (χ2n) is 5.86. The van der Waals surface area contributed by atoms with Crippen molar-refractivity contribution in [2.24, 2.45) is 7.05 Å². The lowest BCUT2D eigenvalue weighted by molar-refractivity contribution is 0.681. The zero-order valence-corrected chi connectivity index (χ0v) is 15.0. The molecule has 0 aliphatic heterocycles. The molecule has 24 heavy (non-hydrogen) atoms. The van der Waals surface area contributed by atoms with Crippen molar-refractivity contribution in [3.63, 3.8) is 0 Å². The third-order valence-corrected chi connectivity index (χ3v) is 5.02. The maximum atomic E-state index is 4.41. The quantitative estimate of drug-likeness (QED) is 0.483. The van der Waals surface area contributed by atoms with E-state index in [9.17, 15) is 0 Å². The van der Waals surface area contributed by atoms with Crippen LogP contribution in [0.1, 0.15) is 22.6 Å². The summed E-state index contributed by atoms with van der Waals surface area (Å²) in [5.41, 5.74) is 3.80. The minimum absolute atomic E-state index is 0.725. The molecule has 124 valence electrons. The van der Waals surface area contributed by atoms with Crippen LogP contribution < -0.4 is 0 Å². The van der Waals surface area contributed by atoms with Crippen LogP contribution in [0.15, 0.2) is 60.4 Å². The van der Waals surface area contributed by atoms with Crippen molar-refractivity contribution in [2.45, 2.75) is 30.8 Å². The Bertz CT molecular complexity index is 814. The fraction of sp³-hybridized carbons (Fsp3) is 0.263. The van der Waals surface area contributed by atoms with E-state index in [1.165, 1.54) is 16.8 Å². The third-order valence-electron chi connectivity index (χ3n) is 3.98. The van der Waals surface area contributed by atoms with Crippen LogP contribution in [0, 0.1) is 6.92 Å². The number of allylic oxidation sites excluding steroid dienone is 1. The summed E-state index contributed by atoms with van der Waals surface area (Å²) in [4.78, 5) is 0. The molecule has 0 amide bonds. The van der Waals surface area contributed by atoms with Crippen LogP contribution in [0.4, 0.5) is 0 Å². The molecule has 0 saturated heterocycles. The first-order valence-corrected chi connectivity index (χ1v) is 8.97. The zero-order valence-electron chi connectivity index (χ0n) is 14.1. The standard InChI is InChI=1S/C19H22N4S/c1-4-11-23-18(13-17-6-5-12-22(17)3)20-21-19(23)24-14-16-9-7-15(2)8-10-16/h4-10,12H,1,11,13-14H2,2-3H3. The van der Waals surface area contributed by atoms with Crippen molar-refractivity contribution in [3.05, 3.63) is 77.9 Å². The predicted octanol–water partition coefficient (Wildman–Crippen LogP) is 3.99. The molecule has 2 heterocycles. The number of aryl methyl sites for hydroxylation is 2. The molecule has 2 aromatic heterocycles. The van der Waals surface area contributed by atoms with Crippen LogP contribution in [0.2, 0.25) is 0 Å². The molecule has 0 unspecified atom stereocenters. The molecule has 1 aromatic carbocycles. The summed E-state index contributed by atoms with van der Waals surface area (Å²) in [6, 6.07) is 12.8. The van der Waals surface area contributed by atoms with Crippen LogP contribution in [-0.4, -0.2) is 19.3 Å².